The molecule has 0 fully saturated rings. The Morgan fingerprint density at radius 2 is 1.92 bits per heavy atom. The molecule has 0 bridgehead atoms. The van der Waals surface area contributed by atoms with Crippen molar-refractivity contribution in [3.63, 3.8) is 0 Å². The van der Waals surface area contributed by atoms with E-state index in [9.17, 15) is 10.1 Å². The normalized spacial score (nSPS) is 10.0. The van der Waals surface area contributed by atoms with Gasteiger partial charge in [-0.05, 0) is 5.56 Å². The van der Waals surface area contributed by atoms with Crippen LogP contribution in [0.25, 0.3) is 0 Å². The number of nitro groups is 1. The van der Waals surface area contributed by atoms with E-state index >= 15 is 0 Å². The SMILES string of the molecule is O=[N+]([O-])CCc1c(Cl)cncc1Cl. The van der Waals surface area contributed by atoms with Crippen molar-refractivity contribution in [1.82, 2.24) is 4.98 Å². The summed E-state index contributed by atoms with van der Waals surface area (Å²) in [5.74, 6) is 0. The second-order valence-corrected chi connectivity index (χ2v) is 3.20. The van der Waals surface area contributed by atoms with E-state index in [0.717, 1.165) is 0 Å². The fourth-order valence-electron chi connectivity index (χ4n) is 0.880. The Labute approximate surface area is 84.6 Å². The molecule has 0 atom stereocenters. The van der Waals surface area contributed by atoms with Gasteiger partial charge < -0.3 is 0 Å². The average Bonchev–Trinajstić information content (AvgIpc) is 2.03. The molecule has 0 N–H and O–H groups in total. The van der Waals surface area contributed by atoms with Gasteiger partial charge in [-0.25, -0.2) is 0 Å². The largest absolute Gasteiger partial charge is 0.265 e. The van der Waals surface area contributed by atoms with Crippen LogP contribution >= 0.6 is 23.2 Å². The minimum atomic E-state index is -0.410. The van der Waals surface area contributed by atoms with Crippen LogP contribution in [-0.2, 0) is 6.42 Å². The van der Waals surface area contributed by atoms with Gasteiger partial charge in [-0.15, -0.1) is 0 Å². The van der Waals surface area contributed by atoms with Crippen molar-refractivity contribution in [3.8, 4) is 0 Å². The molecule has 0 saturated heterocycles. The maximum atomic E-state index is 10.1. The third-order valence-electron chi connectivity index (χ3n) is 1.50. The molecular formula is C7H6Cl2N2O2. The lowest BCUT2D eigenvalue weighted by Crippen LogP contribution is -2.05. The van der Waals surface area contributed by atoms with Crippen LogP contribution in [0.15, 0.2) is 12.4 Å². The van der Waals surface area contributed by atoms with Crippen LogP contribution in [0.3, 0.4) is 0 Å². The van der Waals surface area contributed by atoms with E-state index in [1.165, 1.54) is 12.4 Å². The van der Waals surface area contributed by atoms with Gasteiger partial charge in [0.15, 0.2) is 0 Å². The summed E-state index contributed by atoms with van der Waals surface area (Å²) in [6.45, 7) is -0.177. The number of hydrogen-bond donors (Lipinski definition) is 0. The Bertz CT molecular complexity index is 310. The molecule has 4 nitrogen and oxygen atoms in total. The topological polar surface area (TPSA) is 56.0 Å². The standard InChI is InChI=1S/C7H6Cl2N2O2/c8-6-3-10-4-7(9)5(6)1-2-11(12)13/h3-4H,1-2H2. The van der Waals surface area contributed by atoms with Crippen molar-refractivity contribution in [2.24, 2.45) is 0 Å². The Hall–Kier alpha value is -0.870. The van der Waals surface area contributed by atoms with Crippen molar-refractivity contribution < 1.29 is 4.92 Å². The highest BCUT2D eigenvalue weighted by atomic mass is 35.5. The van der Waals surface area contributed by atoms with Gasteiger partial charge in [0.1, 0.15) is 0 Å². The molecule has 0 radical (unpaired) electrons. The van der Waals surface area contributed by atoms with Crippen molar-refractivity contribution in [3.05, 3.63) is 38.1 Å². The molecule has 70 valence electrons. The molecule has 0 saturated carbocycles. The fraction of sp³-hybridized carbons (Fsp3) is 0.286. The molecule has 6 heteroatoms. The summed E-state index contributed by atoms with van der Waals surface area (Å²) in [5, 5.41) is 10.8. The first-order valence-electron chi connectivity index (χ1n) is 3.51. The Morgan fingerprint density at radius 3 is 2.38 bits per heavy atom. The van der Waals surface area contributed by atoms with E-state index in [1.807, 2.05) is 0 Å². The van der Waals surface area contributed by atoms with Gasteiger partial charge >= 0.3 is 0 Å². The first-order valence-corrected chi connectivity index (χ1v) is 4.26. The molecular weight excluding hydrogens is 215 g/mol. The molecule has 13 heavy (non-hydrogen) atoms. The van der Waals surface area contributed by atoms with E-state index in [4.69, 9.17) is 23.2 Å². The average molecular weight is 221 g/mol. The molecule has 1 aromatic heterocycles. The number of rotatable bonds is 3. The fourth-order valence-corrected chi connectivity index (χ4v) is 1.43. The van der Waals surface area contributed by atoms with Crippen LogP contribution < -0.4 is 0 Å². The van der Waals surface area contributed by atoms with E-state index in [1.54, 1.807) is 0 Å². The highest BCUT2D eigenvalue weighted by molar-refractivity contribution is 6.35. The molecule has 0 aromatic carbocycles. The first kappa shape index (κ1) is 10.2. The number of pyridine rings is 1. The number of nitrogens with zero attached hydrogens (tertiary/aromatic N) is 2. The van der Waals surface area contributed by atoms with E-state index in [-0.39, 0.29) is 13.0 Å². The van der Waals surface area contributed by atoms with Crippen LogP contribution in [0.1, 0.15) is 5.56 Å². The molecule has 1 aromatic rings. The minimum Gasteiger partial charge on any atom is -0.265 e. The first-order chi connectivity index (χ1) is 6.11. The molecule has 0 aliphatic heterocycles. The lowest BCUT2D eigenvalue weighted by molar-refractivity contribution is -0.479. The van der Waals surface area contributed by atoms with Gasteiger partial charge in [0, 0.05) is 23.7 Å². The second kappa shape index (κ2) is 4.39. The summed E-state index contributed by atoms with van der Waals surface area (Å²) in [7, 11) is 0. The zero-order valence-corrected chi connectivity index (χ0v) is 8.05. The van der Waals surface area contributed by atoms with Gasteiger partial charge in [0.2, 0.25) is 6.54 Å². The van der Waals surface area contributed by atoms with Gasteiger partial charge in [0.05, 0.1) is 10.0 Å². The lowest BCUT2D eigenvalue weighted by Gasteiger charge is -2.02. The van der Waals surface area contributed by atoms with E-state index in [0.29, 0.717) is 15.6 Å². The van der Waals surface area contributed by atoms with E-state index in [2.05, 4.69) is 4.98 Å². The second-order valence-electron chi connectivity index (χ2n) is 2.39. The molecule has 0 amide bonds. The van der Waals surface area contributed by atoms with Gasteiger partial charge in [-0.1, -0.05) is 23.2 Å². The maximum Gasteiger partial charge on any atom is 0.208 e. The summed E-state index contributed by atoms with van der Waals surface area (Å²) in [6, 6.07) is 0. The summed E-state index contributed by atoms with van der Waals surface area (Å²) in [5.41, 5.74) is 0.579. The van der Waals surface area contributed by atoms with E-state index < -0.39 is 4.92 Å². The Balaban J connectivity index is 2.81. The monoisotopic (exact) mass is 220 g/mol. The highest BCUT2D eigenvalue weighted by Crippen LogP contribution is 2.22. The van der Waals surface area contributed by atoms with Gasteiger partial charge in [0.25, 0.3) is 0 Å². The van der Waals surface area contributed by atoms with Crippen molar-refractivity contribution >= 4 is 23.2 Å². The van der Waals surface area contributed by atoms with Gasteiger partial charge in [-0.3, -0.25) is 15.1 Å². The summed E-state index contributed by atoms with van der Waals surface area (Å²) >= 11 is 11.5. The predicted molar refractivity (Wildman–Crippen MR) is 49.8 cm³/mol. The van der Waals surface area contributed by atoms with Crippen LogP contribution in [0, 0.1) is 10.1 Å². The molecule has 0 spiro atoms. The van der Waals surface area contributed by atoms with Crippen LogP contribution in [-0.4, -0.2) is 16.5 Å². The zero-order chi connectivity index (χ0) is 9.84. The van der Waals surface area contributed by atoms with Gasteiger partial charge in [-0.2, -0.15) is 0 Å². The summed E-state index contributed by atoms with van der Waals surface area (Å²) in [6.07, 6.45) is 3.07. The summed E-state index contributed by atoms with van der Waals surface area (Å²) < 4.78 is 0. The molecule has 0 aliphatic carbocycles. The Kier molecular flexibility index (Phi) is 3.45. The number of halogens is 2. The van der Waals surface area contributed by atoms with Crippen LogP contribution in [0.4, 0.5) is 0 Å². The molecule has 1 rings (SSSR count). The predicted octanol–water partition coefficient (Wildman–Crippen LogP) is 2.21. The third-order valence-corrected chi connectivity index (χ3v) is 2.15. The Morgan fingerprint density at radius 1 is 1.38 bits per heavy atom. The number of aromatic nitrogens is 1. The quantitative estimate of drug-likeness (QED) is 0.580. The minimum absolute atomic E-state index is 0.177. The third kappa shape index (κ3) is 2.82. The molecule has 1 heterocycles. The van der Waals surface area contributed by atoms with Crippen molar-refractivity contribution in [2.75, 3.05) is 6.54 Å². The van der Waals surface area contributed by atoms with Crippen molar-refractivity contribution in [2.45, 2.75) is 6.42 Å². The summed E-state index contributed by atoms with van der Waals surface area (Å²) in [4.78, 5) is 13.4. The van der Waals surface area contributed by atoms with Crippen LogP contribution in [0.5, 0.6) is 0 Å². The van der Waals surface area contributed by atoms with Crippen LogP contribution in [0.2, 0.25) is 10.0 Å². The maximum absolute atomic E-state index is 10.1. The van der Waals surface area contributed by atoms with Crippen molar-refractivity contribution in [1.29, 1.82) is 0 Å². The molecule has 0 unspecified atom stereocenters. The number of hydrogen-bond acceptors (Lipinski definition) is 3. The smallest absolute Gasteiger partial charge is 0.208 e. The lowest BCUT2D eigenvalue weighted by atomic mass is 10.2. The molecule has 0 aliphatic rings. The zero-order valence-electron chi connectivity index (χ0n) is 6.54. The highest BCUT2D eigenvalue weighted by Gasteiger charge is 2.08.